The molecule has 0 radical (unpaired) electrons. The van der Waals surface area contributed by atoms with Crippen molar-refractivity contribution in [2.45, 2.75) is 45.1 Å². The van der Waals surface area contributed by atoms with Crippen molar-refractivity contribution in [3.8, 4) is 17.1 Å². The van der Waals surface area contributed by atoms with Crippen LogP contribution in [0, 0.1) is 5.82 Å². The summed E-state index contributed by atoms with van der Waals surface area (Å²) in [6.07, 6.45) is -5.21. The molecule has 1 aromatic heterocycles. The number of alkyl halides is 3. The molecule has 1 aliphatic heterocycles. The third kappa shape index (κ3) is 5.15. The van der Waals surface area contributed by atoms with E-state index >= 15 is 0 Å². The van der Waals surface area contributed by atoms with Gasteiger partial charge in [0.05, 0.1) is 6.54 Å². The van der Waals surface area contributed by atoms with Gasteiger partial charge in [-0.25, -0.2) is 9.18 Å². The average molecular weight is 417 g/mol. The lowest BCUT2D eigenvalue weighted by molar-refractivity contribution is -0.159. The number of rotatable bonds is 3. The van der Waals surface area contributed by atoms with E-state index in [1.165, 1.54) is 17.0 Å². The molecule has 3 rings (SSSR count). The van der Waals surface area contributed by atoms with Gasteiger partial charge >= 0.3 is 18.2 Å². The molecule has 2 heterocycles. The molecule has 0 bridgehead atoms. The standard InChI is InChI=1S/C18H19F4N3O4/c1-17(2,3)28-16(26)25-7-6-11(9-25)27-13-5-4-10(8-12(13)19)14-23-15(29-24-14)18(20,21)22/h4-5,8,11H,6-7,9H2,1-3H3. The zero-order chi connectivity index (χ0) is 21.4. The molecule has 29 heavy (non-hydrogen) atoms. The molecule has 11 heteroatoms. The van der Waals surface area contributed by atoms with Crippen molar-refractivity contribution in [1.29, 1.82) is 0 Å². The molecule has 1 aromatic carbocycles. The van der Waals surface area contributed by atoms with Crippen LogP contribution in [0.2, 0.25) is 0 Å². The number of halogens is 4. The van der Waals surface area contributed by atoms with Crippen LogP contribution in [0.4, 0.5) is 22.4 Å². The molecular weight excluding hydrogens is 398 g/mol. The van der Waals surface area contributed by atoms with Crippen LogP contribution in [0.5, 0.6) is 5.75 Å². The fourth-order valence-corrected chi connectivity index (χ4v) is 2.69. The Morgan fingerprint density at radius 1 is 1.28 bits per heavy atom. The summed E-state index contributed by atoms with van der Waals surface area (Å²) in [4.78, 5) is 16.8. The van der Waals surface area contributed by atoms with Crippen molar-refractivity contribution in [3.05, 3.63) is 29.9 Å². The van der Waals surface area contributed by atoms with E-state index in [-0.39, 0.29) is 23.7 Å². The molecule has 1 fully saturated rings. The van der Waals surface area contributed by atoms with E-state index in [4.69, 9.17) is 9.47 Å². The number of likely N-dealkylation sites (tertiary alicyclic amines) is 1. The smallest absolute Gasteiger partial charge is 0.471 e. The van der Waals surface area contributed by atoms with Gasteiger partial charge in [0.25, 0.3) is 0 Å². The molecule has 2 aromatic rings. The number of nitrogens with zero attached hydrogens (tertiary/aromatic N) is 3. The summed E-state index contributed by atoms with van der Waals surface area (Å²) in [6, 6.07) is 3.55. The lowest BCUT2D eigenvalue weighted by atomic mass is 10.2. The highest BCUT2D eigenvalue weighted by Crippen LogP contribution is 2.31. The Bertz CT molecular complexity index is 892. The van der Waals surface area contributed by atoms with Crippen LogP contribution >= 0.6 is 0 Å². The van der Waals surface area contributed by atoms with E-state index in [2.05, 4.69) is 14.7 Å². The van der Waals surface area contributed by atoms with Crippen LogP contribution < -0.4 is 4.74 Å². The molecule has 7 nitrogen and oxygen atoms in total. The van der Waals surface area contributed by atoms with Gasteiger partial charge in [0.2, 0.25) is 5.82 Å². The van der Waals surface area contributed by atoms with Crippen LogP contribution in [0.15, 0.2) is 22.7 Å². The minimum atomic E-state index is -4.78. The lowest BCUT2D eigenvalue weighted by Gasteiger charge is -2.24. The van der Waals surface area contributed by atoms with Crippen LogP contribution in [0.3, 0.4) is 0 Å². The second-order valence-electron chi connectivity index (χ2n) is 7.52. The van der Waals surface area contributed by atoms with Gasteiger partial charge in [-0.15, -0.1) is 0 Å². The fraction of sp³-hybridized carbons (Fsp3) is 0.500. The van der Waals surface area contributed by atoms with Crippen molar-refractivity contribution in [1.82, 2.24) is 15.0 Å². The molecule has 1 atom stereocenters. The Balaban J connectivity index is 1.64. The highest BCUT2D eigenvalue weighted by molar-refractivity contribution is 5.68. The number of benzene rings is 1. The molecule has 1 amide bonds. The van der Waals surface area contributed by atoms with Gasteiger partial charge in [0.15, 0.2) is 11.6 Å². The summed E-state index contributed by atoms with van der Waals surface area (Å²) in [7, 11) is 0. The molecular formula is C18H19F4N3O4. The summed E-state index contributed by atoms with van der Waals surface area (Å²) in [5, 5.41) is 3.21. The number of carbonyl (C=O) groups is 1. The number of hydrogen-bond acceptors (Lipinski definition) is 6. The highest BCUT2D eigenvalue weighted by Gasteiger charge is 2.38. The fourth-order valence-electron chi connectivity index (χ4n) is 2.69. The van der Waals surface area contributed by atoms with Gasteiger partial charge < -0.3 is 18.9 Å². The van der Waals surface area contributed by atoms with Gasteiger partial charge in [-0.1, -0.05) is 5.16 Å². The molecule has 0 aliphatic carbocycles. The Morgan fingerprint density at radius 3 is 2.59 bits per heavy atom. The van der Waals surface area contributed by atoms with E-state index in [0.29, 0.717) is 13.0 Å². The van der Waals surface area contributed by atoms with Crippen LogP contribution in [0.1, 0.15) is 33.1 Å². The third-order valence-electron chi connectivity index (χ3n) is 3.95. The van der Waals surface area contributed by atoms with Gasteiger partial charge in [-0.05, 0) is 39.0 Å². The van der Waals surface area contributed by atoms with Gasteiger partial charge in [-0.3, -0.25) is 0 Å². The topological polar surface area (TPSA) is 77.7 Å². The molecule has 0 saturated carbocycles. The number of hydrogen-bond donors (Lipinski definition) is 0. The average Bonchev–Trinajstić information content (AvgIpc) is 3.24. The maximum absolute atomic E-state index is 14.4. The van der Waals surface area contributed by atoms with Gasteiger partial charge in [0.1, 0.15) is 11.7 Å². The van der Waals surface area contributed by atoms with E-state index in [9.17, 15) is 22.4 Å². The normalized spacial score (nSPS) is 17.5. The van der Waals surface area contributed by atoms with Crippen LogP contribution in [-0.2, 0) is 10.9 Å². The number of ether oxygens (including phenoxy) is 2. The first kappa shape index (κ1) is 20.9. The SMILES string of the molecule is CC(C)(C)OC(=O)N1CCC(Oc2ccc(-c3noc(C(F)(F)F)n3)cc2F)C1. The molecule has 1 saturated heterocycles. The van der Waals surface area contributed by atoms with Crippen molar-refractivity contribution in [2.75, 3.05) is 13.1 Å². The number of carbonyl (C=O) groups excluding carboxylic acids is 1. The first-order valence-corrected chi connectivity index (χ1v) is 8.78. The zero-order valence-electron chi connectivity index (χ0n) is 15.9. The molecule has 1 aliphatic rings. The Hall–Kier alpha value is -2.85. The van der Waals surface area contributed by atoms with E-state index in [1.54, 1.807) is 20.8 Å². The number of aromatic nitrogens is 2. The van der Waals surface area contributed by atoms with Crippen molar-refractivity contribution < 1.29 is 36.4 Å². The van der Waals surface area contributed by atoms with E-state index in [1.807, 2.05) is 0 Å². The minimum absolute atomic E-state index is 0.0101. The summed E-state index contributed by atoms with van der Waals surface area (Å²) in [5.74, 6) is -2.79. The van der Waals surface area contributed by atoms with Crippen molar-refractivity contribution in [3.63, 3.8) is 0 Å². The summed E-state index contributed by atoms with van der Waals surface area (Å²) >= 11 is 0. The maximum atomic E-state index is 14.4. The first-order valence-electron chi connectivity index (χ1n) is 8.78. The summed E-state index contributed by atoms with van der Waals surface area (Å²) in [5.41, 5.74) is -0.616. The monoisotopic (exact) mass is 417 g/mol. The van der Waals surface area contributed by atoms with E-state index < -0.39 is 35.7 Å². The summed E-state index contributed by atoms with van der Waals surface area (Å²) < 4.78 is 67.0. The maximum Gasteiger partial charge on any atom is 0.471 e. The number of amides is 1. The molecule has 0 spiro atoms. The Kier molecular flexibility index (Phi) is 5.42. The second-order valence-corrected chi connectivity index (χ2v) is 7.52. The first-order chi connectivity index (χ1) is 13.4. The predicted octanol–water partition coefficient (Wildman–Crippen LogP) is 4.28. The van der Waals surface area contributed by atoms with Gasteiger partial charge in [-0.2, -0.15) is 18.2 Å². The minimum Gasteiger partial charge on any atom is -0.485 e. The van der Waals surface area contributed by atoms with Crippen molar-refractivity contribution >= 4 is 6.09 Å². The molecule has 158 valence electrons. The van der Waals surface area contributed by atoms with Gasteiger partial charge in [0, 0.05) is 18.5 Å². The predicted molar refractivity (Wildman–Crippen MR) is 91.5 cm³/mol. The Morgan fingerprint density at radius 2 is 2.00 bits per heavy atom. The largest absolute Gasteiger partial charge is 0.485 e. The second kappa shape index (κ2) is 7.53. The van der Waals surface area contributed by atoms with Crippen LogP contribution in [0.25, 0.3) is 11.4 Å². The molecule has 0 N–H and O–H groups in total. The lowest BCUT2D eigenvalue weighted by Crippen LogP contribution is -2.36. The van der Waals surface area contributed by atoms with Crippen molar-refractivity contribution in [2.24, 2.45) is 0 Å². The quantitative estimate of drug-likeness (QED) is 0.694. The highest BCUT2D eigenvalue weighted by atomic mass is 19.4. The van der Waals surface area contributed by atoms with Crippen LogP contribution in [-0.4, -0.2) is 45.9 Å². The Labute approximate surface area is 163 Å². The summed E-state index contributed by atoms with van der Waals surface area (Å²) in [6.45, 7) is 5.91. The zero-order valence-corrected chi connectivity index (χ0v) is 15.9. The van der Waals surface area contributed by atoms with E-state index in [0.717, 1.165) is 6.07 Å². The molecule has 1 unspecified atom stereocenters. The third-order valence-corrected chi connectivity index (χ3v) is 3.95.